The molecule has 3 heterocycles. The van der Waals surface area contributed by atoms with Gasteiger partial charge in [-0.25, -0.2) is 0 Å². The van der Waals surface area contributed by atoms with Crippen LogP contribution in [0.1, 0.15) is 112 Å². The second-order valence-corrected chi connectivity index (χ2v) is 22.1. The zero-order valence-electron chi connectivity index (χ0n) is 44.1. The number of esters is 2. The van der Waals surface area contributed by atoms with Crippen molar-refractivity contribution in [3.8, 4) is 45.6 Å². The maximum Gasteiger partial charge on any atom is 0.310 e. The standard InChI is InChI=1S/C66H64N2O8/c1-65(2,3)53-33-43-31-47(63(53)71)37-67-55-17-11-12-18-56(55)68-38-48-32-44(34-54(64(48)72)66(4,5)6)36-60(70)74-40-42-21-27-50(28-22-42)76-58-30-24-46-14-8-10-16-52(46)62(58)61-51-15-9-7-13-45(51)23-29-57(61)75-49-25-19-41(20-26-49)39-73-59(69)35-43/h7-10,13-16,19-34,37-38,55-56,71-72H,11-12,17-18,35-36,39-40H2,1-6H3/t55-,56-/m0/s1. The first kappa shape index (κ1) is 51.3. The monoisotopic (exact) mass is 1010 g/mol. The summed E-state index contributed by atoms with van der Waals surface area (Å²) < 4.78 is 25.3. The number of fused-ring (bicyclic) bond motifs is 4. The first-order valence-corrected chi connectivity index (χ1v) is 26.2. The normalized spacial score (nSPS) is 16.9. The van der Waals surface area contributed by atoms with E-state index in [1.165, 1.54) is 0 Å². The Balaban J connectivity index is 1.02. The quantitative estimate of drug-likeness (QED) is 0.143. The summed E-state index contributed by atoms with van der Waals surface area (Å²) in [5.41, 5.74) is 6.26. The van der Waals surface area contributed by atoms with Crippen LogP contribution in [0.25, 0.3) is 32.7 Å². The summed E-state index contributed by atoms with van der Waals surface area (Å²) in [6.07, 6.45) is 6.94. The Labute approximate surface area is 444 Å². The molecule has 8 bridgehead atoms. The van der Waals surface area contributed by atoms with Crippen LogP contribution in [-0.2, 0) is 55.9 Å². The van der Waals surface area contributed by atoms with Gasteiger partial charge in [0.25, 0.3) is 0 Å². The number of nitrogens with zero attached hydrogens (tertiary/aromatic N) is 2. The fourth-order valence-electron chi connectivity index (χ4n) is 10.3. The molecule has 0 aromatic heterocycles. The summed E-state index contributed by atoms with van der Waals surface area (Å²) in [6.45, 7) is 12.3. The molecule has 8 aromatic carbocycles. The van der Waals surface area contributed by atoms with Gasteiger partial charge in [0.2, 0.25) is 0 Å². The molecule has 386 valence electrons. The maximum atomic E-state index is 13.6. The highest BCUT2D eigenvalue weighted by Gasteiger charge is 2.27. The summed E-state index contributed by atoms with van der Waals surface area (Å²) in [5.74, 6) is 1.88. The second-order valence-electron chi connectivity index (χ2n) is 22.1. The molecule has 4 aliphatic rings. The minimum Gasteiger partial charge on any atom is -0.507 e. The number of phenolic OH excluding ortho intramolecular Hbond substituents is 2. The molecule has 10 nitrogen and oxygen atoms in total. The molecular formula is C66H64N2O8. The number of benzene rings is 8. The Bertz CT molecular complexity index is 3290. The molecule has 0 spiro atoms. The van der Waals surface area contributed by atoms with Crippen molar-refractivity contribution >= 4 is 45.9 Å². The Kier molecular flexibility index (Phi) is 14.5. The first-order chi connectivity index (χ1) is 36.5. The molecule has 0 saturated heterocycles. The second kappa shape index (κ2) is 21.5. The lowest BCUT2D eigenvalue weighted by molar-refractivity contribution is -0.145. The number of carbonyl (C=O) groups excluding carboxylic acids is 2. The molecular weight excluding hydrogens is 949 g/mol. The van der Waals surface area contributed by atoms with E-state index in [-0.39, 0.29) is 49.6 Å². The van der Waals surface area contributed by atoms with Crippen LogP contribution >= 0.6 is 0 Å². The van der Waals surface area contributed by atoms with Crippen LogP contribution in [0.15, 0.2) is 156 Å². The predicted octanol–water partition coefficient (Wildman–Crippen LogP) is 15.0. The van der Waals surface area contributed by atoms with E-state index < -0.39 is 22.8 Å². The Hall–Kier alpha value is -8.24. The van der Waals surface area contributed by atoms with E-state index in [9.17, 15) is 19.8 Å². The third-order valence-corrected chi connectivity index (χ3v) is 14.3. The molecule has 76 heavy (non-hydrogen) atoms. The number of rotatable bonds is 0. The van der Waals surface area contributed by atoms with Crippen LogP contribution in [0.2, 0.25) is 0 Å². The predicted molar refractivity (Wildman–Crippen MR) is 302 cm³/mol. The van der Waals surface area contributed by atoms with Crippen LogP contribution < -0.4 is 9.47 Å². The SMILES string of the molecule is CC(C)(C)c1cc2cc(c1O)C=N[C@H]1CCCC[C@@H]1N=Cc1cc(cc(C(C)(C)C)c1O)CC(=O)OCc1ccc(cc1)Oc1ccc3ccccc3c1-c1c(ccc3ccccc13)Oc1ccc(cc1)COC(=O)C2. The summed E-state index contributed by atoms with van der Waals surface area (Å²) in [4.78, 5) is 37.2. The summed E-state index contributed by atoms with van der Waals surface area (Å²) >= 11 is 0. The molecule has 12 rings (SSSR count). The zero-order chi connectivity index (χ0) is 53.1. The summed E-state index contributed by atoms with van der Waals surface area (Å²) in [5, 5.41) is 27.4. The van der Waals surface area contributed by atoms with Crippen LogP contribution in [0.4, 0.5) is 0 Å². The van der Waals surface area contributed by atoms with Gasteiger partial charge in [-0.1, -0.05) is 151 Å². The van der Waals surface area contributed by atoms with Crippen molar-refractivity contribution < 1.29 is 38.7 Å². The molecule has 0 unspecified atom stereocenters. The number of ether oxygens (including phenoxy) is 4. The van der Waals surface area contributed by atoms with E-state index in [2.05, 4.69) is 36.4 Å². The number of phenols is 2. The van der Waals surface area contributed by atoms with E-state index >= 15 is 0 Å². The van der Waals surface area contributed by atoms with Crippen LogP contribution in [-0.4, -0.2) is 46.7 Å². The van der Waals surface area contributed by atoms with Crippen molar-refractivity contribution in [1.29, 1.82) is 0 Å². The van der Waals surface area contributed by atoms with Gasteiger partial charge in [-0.2, -0.15) is 0 Å². The minimum atomic E-state index is -0.438. The molecule has 3 aliphatic heterocycles. The number of carbonyl (C=O) groups is 2. The summed E-state index contributed by atoms with van der Waals surface area (Å²) in [7, 11) is 0. The largest absolute Gasteiger partial charge is 0.507 e. The fourth-order valence-corrected chi connectivity index (χ4v) is 10.3. The molecule has 0 amide bonds. The smallest absolute Gasteiger partial charge is 0.310 e. The molecule has 1 fully saturated rings. The highest BCUT2D eigenvalue weighted by atomic mass is 16.5. The van der Waals surface area contributed by atoms with Gasteiger partial charge in [-0.05, 0) is 116 Å². The van der Waals surface area contributed by atoms with Crippen LogP contribution in [0.3, 0.4) is 0 Å². The third-order valence-electron chi connectivity index (χ3n) is 14.3. The Morgan fingerprint density at radius 1 is 0.474 bits per heavy atom. The van der Waals surface area contributed by atoms with E-state index in [1.54, 1.807) is 24.6 Å². The van der Waals surface area contributed by atoms with Crippen molar-refractivity contribution in [3.63, 3.8) is 0 Å². The van der Waals surface area contributed by atoms with Gasteiger partial charge in [0.15, 0.2) is 0 Å². The van der Waals surface area contributed by atoms with E-state index in [1.807, 2.05) is 139 Å². The van der Waals surface area contributed by atoms with Gasteiger partial charge in [0, 0.05) is 45.8 Å². The molecule has 2 atom stereocenters. The fraction of sp³-hybridized carbons (Fsp3) is 0.273. The average Bonchev–Trinajstić information content (AvgIpc) is 3.40. The number of aromatic hydroxyl groups is 2. The number of aliphatic imine (C=N–C) groups is 2. The summed E-state index contributed by atoms with van der Waals surface area (Å²) in [6, 6.07) is 46.6. The van der Waals surface area contributed by atoms with Crippen molar-refractivity contribution in [1.82, 2.24) is 0 Å². The molecule has 2 N–H and O–H groups in total. The Morgan fingerprint density at radius 2 is 0.868 bits per heavy atom. The van der Waals surface area contributed by atoms with Crippen molar-refractivity contribution in [3.05, 3.63) is 190 Å². The van der Waals surface area contributed by atoms with Gasteiger partial charge in [0.05, 0.1) is 24.9 Å². The van der Waals surface area contributed by atoms with E-state index in [0.29, 0.717) is 56.4 Å². The van der Waals surface area contributed by atoms with Crippen molar-refractivity contribution in [2.24, 2.45) is 9.98 Å². The first-order valence-electron chi connectivity index (χ1n) is 26.2. The van der Waals surface area contributed by atoms with Gasteiger partial charge >= 0.3 is 11.9 Å². The molecule has 8 aromatic rings. The average molecular weight is 1010 g/mol. The topological polar surface area (TPSA) is 136 Å². The van der Waals surface area contributed by atoms with Gasteiger partial charge in [-0.3, -0.25) is 19.6 Å². The minimum absolute atomic E-state index is 0.00546. The Morgan fingerprint density at radius 3 is 1.26 bits per heavy atom. The molecule has 0 radical (unpaired) electrons. The van der Waals surface area contributed by atoms with Crippen LogP contribution in [0.5, 0.6) is 34.5 Å². The molecule has 1 aliphatic carbocycles. The zero-order valence-corrected chi connectivity index (χ0v) is 44.1. The van der Waals surface area contributed by atoms with E-state index in [4.69, 9.17) is 28.9 Å². The van der Waals surface area contributed by atoms with Gasteiger partial charge in [0.1, 0.15) is 47.7 Å². The molecule has 1 saturated carbocycles. The van der Waals surface area contributed by atoms with Crippen molar-refractivity contribution in [2.75, 3.05) is 0 Å². The highest BCUT2D eigenvalue weighted by molar-refractivity contribution is 6.10. The van der Waals surface area contributed by atoms with Gasteiger partial charge in [-0.15, -0.1) is 0 Å². The number of hydrogen-bond donors (Lipinski definition) is 2. The number of hydrogen-bond acceptors (Lipinski definition) is 10. The van der Waals surface area contributed by atoms with E-state index in [0.717, 1.165) is 69.5 Å². The van der Waals surface area contributed by atoms with Gasteiger partial charge < -0.3 is 29.2 Å². The third kappa shape index (κ3) is 11.5. The maximum absolute atomic E-state index is 13.6. The lowest BCUT2D eigenvalue weighted by atomic mass is 9.83. The lowest BCUT2D eigenvalue weighted by Gasteiger charge is -2.26. The van der Waals surface area contributed by atoms with Crippen molar-refractivity contribution in [2.45, 2.75) is 116 Å². The molecule has 10 heteroatoms. The van der Waals surface area contributed by atoms with Crippen LogP contribution in [0, 0.1) is 0 Å². The lowest BCUT2D eigenvalue weighted by Crippen LogP contribution is -2.27. The highest BCUT2D eigenvalue weighted by Crippen LogP contribution is 2.48.